The highest BCUT2D eigenvalue weighted by molar-refractivity contribution is 6.10. The molecule has 0 atom stereocenters. The van der Waals surface area contributed by atoms with Crippen LogP contribution in [0.4, 0.5) is 0 Å². The largest absolute Gasteiger partial charge is 0.502 e. The molecule has 7 nitrogen and oxygen atoms in total. The minimum atomic E-state index is -0.322. The van der Waals surface area contributed by atoms with Crippen LogP contribution < -0.4 is 23.7 Å². The first-order valence-corrected chi connectivity index (χ1v) is 7.96. The van der Waals surface area contributed by atoms with Gasteiger partial charge in [-0.15, -0.1) is 0 Å². The second-order valence-electron chi connectivity index (χ2n) is 5.38. The summed E-state index contributed by atoms with van der Waals surface area (Å²) in [6.45, 7) is 0. The predicted octanol–water partition coefficient (Wildman–Crippen LogP) is 3.33. The van der Waals surface area contributed by atoms with Crippen LogP contribution in [-0.4, -0.2) is 46.4 Å². The van der Waals surface area contributed by atoms with Crippen LogP contribution in [0.3, 0.4) is 0 Å². The topological polar surface area (TPSA) is 83.5 Å². The molecule has 0 amide bonds. The summed E-state index contributed by atoms with van der Waals surface area (Å²) in [6.07, 6.45) is 2.95. The second-order valence-corrected chi connectivity index (χ2v) is 5.38. The lowest BCUT2D eigenvalue weighted by molar-refractivity contribution is 0.104. The van der Waals surface area contributed by atoms with Crippen molar-refractivity contribution in [3.05, 3.63) is 41.5 Å². The number of carbonyl (C=O) groups excluding carboxylic acids is 1. The molecule has 0 fully saturated rings. The molecule has 0 aromatic heterocycles. The molecule has 0 saturated heterocycles. The van der Waals surface area contributed by atoms with Crippen molar-refractivity contribution >= 4 is 11.9 Å². The number of hydrogen-bond donors (Lipinski definition) is 1. The van der Waals surface area contributed by atoms with Crippen LogP contribution in [0.15, 0.2) is 30.3 Å². The van der Waals surface area contributed by atoms with Gasteiger partial charge in [0.05, 0.1) is 35.5 Å². The Kier molecular flexibility index (Phi) is 6.54. The highest BCUT2D eigenvalue weighted by Gasteiger charge is 2.18. The number of rotatable bonds is 8. The molecule has 0 aliphatic carbocycles. The van der Waals surface area contributed by atoms with E-state index in [-0.39, 0.29) is 28.6 Å². The lowest BCUT2D eigenvalue weighted by Crippen LogP contribution is -2.03. The van der Waals surface area contributed by atoms with Crippen molar-refractivity contribution in [2.45, 2.75) is 0 Å². The van der Waals surface area contributed by atoms with Crippen molar-refractivity contribution in [1.29, 1.82) is 0 Å². The molecule has 144 valence electrons. The molecule has 27 heavy (non-hydrogen) atoms. The Labute approximate surface area is 157 Å². The number of hydrogen-bond acceptors (Lipinski definition) is 7. The Morgan fingerprint density at radius 1 is 0.778 bits per heavy atom. The molecule has 7 heteroatoms. The van der Waals surface area contributed by atoms with E-state index in [9.17, 15) is 9.90 Å². The van der Waals surface area contributed by atoms with Crippen LogP contribution >= 0.6 is 0 Å². The van der Waals surface area contributed by atoms with Crippen LogP contribution in [-0.2, 0) is 0 Å². The fourth-order valence-corrected chi connectivity index (χ4v) is 2.51. The molecule has 0 unspecified atom stereocenters. The number of benzene rings is 2. The Morgan fingerprint density at radius 2 is 1.26 bits per heavy atom. The summed E-state index contributed by atoms with van der Waals surface area (Å²) in [5.41, 5.74) is 0.885. The fourth-order valence-electron chi connectivity index (χ4n) is 2.51. The minimum Gasteiger partial charge on any atom is -0.502 e. The van der Waals surface area contributed by atoms with E-state index in [2.05, 4.69) is 0 Å². The molecular weight excluding hydrogens is 352 g/mol. The quantitative estimate of drug-likeness (QED) is 0.560. The molecule has 0 bridgehead atoms. The number of aromatic hydroxyl groups is 1. The summed E-state index contributed by atoms with van der Waals surface area (Å²) in [5, 5.41) is 9.97. The summed E-state index contributed by atoms with van der Waals surface area (Å²) in [7, 11) is 7.30. The maximum absolute atomic E-state index is 12.8. The summed E-state index contributed by atoms with van der Waals surface area (Å²) in [4.78, 5) is 12.8. The maximum atomic E-state index is 12.8. The van der Waals surface area contributed by atoms with Crippen LogP contribution in [0, 0.1) is 0 Å². The van der Waals surface area contributed by atoms with E-state index in [1.165, 1.54) is 41.6 Å². The van der Waals surface area contributed by atoms with Gasteiger partial charge in [0.25, 0.3) is 0 Å². The number of methoxy groups -OCH3 is 5. The molecule has 0 spiro atoms. The van der Waals surface area contributed by atoms with Crippen molar-refractivity contribution in [2.75, 3.05) is 35.5 Å². The highest BCUT2D eigenvalue weighted by atomic mass is 16.5. The number of allylic oxidation sites excluding steroid dienone is 1. The Balaban J connectivity index is 2.43. The van der Waals surface area contributed by atoms with E-state index in [1.54, 1.807) is 30.3 Å². The van der Waals surface area contributed by atoms with Gasteiger partial charge in [-0.1, -0.05) is 6.08 Å². The zero-order chi connectivity index (χ0) is 20.0. The van der Waals surface area contributed by atoms with Crippen molar-refractivity contribution in [3.8, 4) is 34.5 Å². The van der Waals surface area contributed by atoms with E-state index in [0.717, 1.165) is 0 Å². The summed E-state index contributed by atoms with van der Waals surface area (Å²) in [5.74, 6) is 1.22. The Bertz CT molecular complexity index is 805. The predicted molar refractivity (Wildman–Crippen MR) is 101 cm³/mol. The third kappa shape index (κ3) is 4.25. The molecule has 0 saturated carbocycles. The molecule has 2 aromatic rings. The minimum absolute atomic E-state index is 0.109. The molecule has 0 radical (unpaired) electrons. The van der Waals surface area contributed by atoms with Gasteiger partial charge in [-0.3, -0.25) is 4.79 Å². The van der Waals surface area contributed by atoms with E-state index in [4.69, 9.17) is 23.7 Å². The maximum Gasteiger partial charge on any atom is 0.200 e. The number of ketones is 1. The molecule has 2 rings (SSSR count). The molecule has 0 heterocycles. The molecule has 0 aliphatic rings. The number of phenols is 1. The van der Waals surface area contributed by atoms with Gasteiger partial charge in [0.1, 0.15) is 22.8 Å². The Morgan fingerprint density at radius 3 is 1.67 bits per heavy atom. The fraction of sp³-hybridized carbons (Fsp3) is 0.250. The number of ether oxygens (including phenoxy) is 5. The van der Waals surface area contributed by atoms with Gasteiger partial charge in [-0.05, 0) is 23.8 Å². The monoisotopic (exact) mass is 374 g/mol. The van der Waals surface area contributed by atoms with Crippen molar-refractivity contribution < 1.29 is 33.6 Å². The first-order valence-electron chi connectivity index (χ1n) is 7.96. The van der Waals surface area contributed by atoms with Gasteiger partial charge in [0.2, 0.25) is 5.75 Å². The van der Waals surface area contributed by atoms with Gasteiger partial charge < -0.3 is 28.8 Å². The molecule has 2 aromatic carbocycles. The van der Waals surface area contributed by atoms with Crippen LogP contribution in [0.5, 0.6) is 34.5 Å². The SMILES string of the molecule is COc1cc(OC)c(C(=O)/C=C/c2cc(OC)c(O)c(OC)c2)c(OC)c1. The standard InChI is InChI=1S/C20H22O7/c1-23-13-10-15(24-2)19(16(11-13)25-3)14(21)7-6-12-8-17(26-4)20(22)18(9-12)27-5/h6-11,22H,1-5H3/b7-6+. The van der Waals surface area contributed by atoms with Gasteiger partial charge in [0.15, 0.2) is 17.3 Å². The van der Waals surface area contributed by atoms with E-state index < -0.39 is 0 Å². The smallest absolute Gasteiger partial charge is 0.200 e. The molecular formula is C20H22O7. The normalized spacial score (nSPS) is 10.6. The van der Waals surface area contributed by atoms with Gasteiger partial charge in [-0.25, -0.2) is 0 Å². The van der Waals surface area contributed by atoms with E-state index in [1.807, 2.05) is 0 Å². The average molecular weight is 374 g/mol. The third-order valence-corrected chi connectivity index (χ3v) is 3.89. The lowest BCUT2D eigenvalue weighted by Gasteiger charge is -2.13. The van der Waals surface area contributed by atoms with Crippen molar-refractivity contribution in [1.82, 2.24) is 0 Å². The summed E-state index contributed by atoms with van der Waals surface area (Å²) in [6, 6.07) is 6.39. The van der Waals surface area contributed by atoms with Gasteiger partial charge in [-0.2, -0.15) is 0 Å². The highest BCUT2D eigenvalue weighted by Crippen LogP contribution is 2.38. The van der Waals surface area contributed by atoms with E-state index >= 15 is 0 Å². The second kappa shape index (κ2) is 8.84. The first kappa shape index (κ1) is 20.0. The van der Waals surface area contributed by atoms with Gasteiger partial charge >= 0.3 is 0 Å². The zero-order valence-corrected chi connectivity index (χ0v) is 15.9. The van der Waals surface area contributed by atoms with Crippen LogP contribution in [0.25, 0.3) is 6.08 Å². The van der Waals surface area contributed by atoms with Crippen molar-refractivity contribution in [2.24, 2.45) is 0 Å². The number of carbonyl (C=O) groups is 1. The molecule has 0 aliphatic heterocycles. The zero-order valence-electron chi connectivity index (χ0n) is 15.9. The number of phenolic OH excluding ortho intramolecular Hbond substituents is 1. The van der Waals surface area contributed by atoms with Crippen LogP contribution in [0.1, 0.15) is 15.9 Å². The lowest BCUT2D eigenvalue weighted by atomic mass is 10.1. The van der Waals surface area contributed by atoms with E-state index in [0.29, 0.717) is 22.8 Å². The summed E-state index contributed by atoms with van der Waals surface area (Å²) >= 11 is 0. The van der Waals surface area contributed by atoms with Crippen molar-refractivity contribution in [3.63, 3.8) is 0 Å². The third-order valence-electron chi connectivity index (χ3n) is 3.89. The first-order chi connectivity index (χ1) is 13.0. The average Bonchev–Trinajstić information content (AvgIpc) is 2.71. The summed E-state index contributed by atoms with van der Waals surface area (Å²) < 4.78 is 26.0. The van der Waals surface area contributed by atoms with Gasteiger partial charge in [0, 0.05) is 12.1 Å². The molecule has 1 N–H and O–H groups in total. The Hall–Kier alpha value is -3.35. The van der Waals surface area contributed by atoms with Crippen LogP contribution in [0.2, 0.25) is 0 Å².